The summed E-state index contributed by atoms with van der Waals surface area (Å²) in [6.07, 6.45) is 6.77. The molecule has 0 saturated heterocycles. The van der Waals surface area contributed by atoms with E-state index in [0.29, 0.717) is 50.7 Å². The number of amides is 2. The number of carbonyl (C=O) groups is 2. The summed E-state index contributed by atoms with van der Waals surface area (Å²) in [5.41, 5.74) is -8.13. The largest absolute Gasteiger partial charge is 0.464 e. The average molecular weight is 974 g/mol. The Bertz CT molecular complexity index is 3030. The molecule has 338 valence electrons. The Balaban J connectivity index is 1.52. The van der Waals surface area contributed by atoms with E-state index in [1.165, 1.54) is 6.20 Å². The van der Waals surface area contributed by atoms with E-state index in [0.717, 1.165) is 85.3 Å². The van der Waals surface area contributed by atoms with Gasteiger partial charge in [0.1, 0.15) is 11.6 Å². The first-order valence-corrected chi connectivity index (χ1v) is 23.9. The summed E-state index contributed by atoms with van der Waals surface area (Å²) < 4.78 is 144. The maximum Gasteiger partial charge on any atom is 0.280 e. The fourth-order valence-electron chi connectivity index (χ4n) is 7.63. The maximum atomic E-state index is 16.2. The van der Waals surface area contributed by atoms with E-state index in [9.17, 15) is 30.0 Å². The van der Waals surface area contributed by atoms with Crippen LogP contribution in [0.15, 0.2) is 113 Å². The van der Waals surface area contributed by atoms with Crippen LogP contribution in [-0.4, -0.2) is 54.1 Å². The fraction of sp³-hybridized carbons (Fsp3) is 0.233. The number of halogens is 6. The van der Waals surface area contributed by atoms with Crippen molar-refractivity contribution in [1.82, 2.24) is 15.0 Å². The second-order valence-electron chi connectivity index (χ2n) is 15.0. The van der Waals surface area contributed by atoms with Crippen molar-refractivity contribution < 1.29 is 57.9 Å². The minimum absolute atomic E-state index is 0.249. The van der Waals surface area contributed by atoms with Gasteiger partial charge < -0.3 is 14.8 Å². The van der Waals surface area contributed by atoms with Crippen LogP contribution < -0.4 is 20.1 Å². The Morgan fingerprint density at radius 1 is 0.662 bits per heavy atom. The standard InChI is InChI=1S/C43H33ClF5N5O8S3/c44-31-19-25(7-16-36(31)65(59,60)30-12-13-30)43(40(56)54-41-52-22-37(49)63-41,62-35-15-9-27(46)21-33(35)48)42(39(55)53-38-23-50-17-18-51-38,61-34-14-8-26(45)20-32(34)47)24-5-10-29(11-6-24)64(57,58)28-3-1-2-4-28/h5-11,14-23,28,30H,1-4,12-13H2,(H,51,53,55)(H,52,54,56). The number of anilines is 2. The molecular weight excluding hydrogens is 941 g/mol. The third kappa shape index (κ3) is 8.64. The summed E-state index contributed by atoms with van der Waals surface area (Å²) in [5.74, 6) is -10.6. The first-order chi connectivity index (χ1) is 30.9. The lowest BCUT2D eigenvalue weighted by Crippen LogP contribution is -2.68. The summed E-state index contributed by atoms with van der Waals surface area (Å²) in [7, 11) is -8.16. The molecule has 4 aromatic carbocycles. The fourth-order valence-corrected chi connectivity index (χ4v) is 12.2. The van der Waals surface area contributed by atoms with Crippen molar-refractivity contribution in [1.29, 1.82) is 0 Å². The number of hydrogen-bond donors (Lipinski definition) is 2. The predicted molar refractivity (Wildman–Crippen MR) is 226 cm³/mol. The van der Waals surface area contributed by atoms with Gasteiger partial charge in [-0.3, -0.25) is 19.9 Å². The molecule has 2 saturated carbocycles. The zero-order valence-electron chi connectivity index (χ0n) is 33.3. The van der Waals surface area contributed by atoms with Crippen molar-refractivity contribution in [2.24, 2.45) is 0 Å². The maximum absolute atomic E-state index is 16.2. The first-order valence-electron chi connectivity index (χ1n) is 19.6. The topological polar surface area (TPSA) is 184 Å². The number of sulfone groups is 2. The van der Waals surface area contributed by atoms with E-state index in [2.05, 4.69) is 25.6 Å². The smallest absolute Gasteiger partial charge is 0.280 e. The average Bonchev–Trinajstić information content (AvgIpc) is 3.84. The van der Waals surface area contributed by atoms with Gasteiger partial charge in [-0.1, -0.05) is 54.0 Å². The minimum atomic E-state index is -4.12. The molecule has 2 aliphatic rings. The Labute approximate surface area is 376 Å². The number of nitrogens with one attached hydrogen (secondary N) is 2. The SMILES string of the molecule is O=C(Nc1cnccn1)C(Oc1ccc(F)cc1F)(c1ccc(S(=O)(=O)C2CCCC2)cc1)C(Oc1ccc(F)cc1F)(C(=O)Nc1ncc(F)s1)c1ccc(S(=O)(=O)C2CC2)c(Cl)c1. The van der Waals surface area contributed by atoms with E-state index in [1.807, 2.05) is 0 Å². The van der Waals surface area contributed by atoms with Gasteiger partial charge in [-0.15, -0.1) is 0 Å². The van der Waals surface area contributed by atoms with E-state index >= 15 is 18.4 Å². The zero-order valence-corrected chi connectivity index (χ0v) is 36.5. The van der Waals surface area contributed by atoms with Gasteiger partial charge in [-0.25, -0.2) is 44.4 Å². The molecule has 0 aliphatic heterocycles. The molecule has 0 radical (unpaired) electrons. The number of ether oxygens (including phenoxy) is 2. The normalized spacial score (nSPS) is 16.3. The molecule has 65 heavy (non-hydrogen) atoms. The monoisotopic (exact) mass is 973 g/mol. The zero-order chi connectivity index (χ0) is 46.3. The molecule has 2 unspecified atom stereocenters. The van der Waals surface area contributed by atoms with Crippen molar-refractivity contribution in [3.8, 4) is 11.5 Å². The molecule has 8 rings (SSSR count). The molecule has 2 aliphatic carbocycles. The molecule has 2 atom stereocenters. The van der Waals surface area contributed by atoms with Crippen LogP contribution in [0.5, 0.6) is 11.5 Å². The van der Waals surface area contributed by atoms with Crippen LogP contribution in [0.25, 0.3) is 0 Å². The molecule has 6 aromatic rings. The van der Waals surface area contributed by atoms with E-state index in [4.69, 9.17) is 21.1 Å². The number of aromatic nitrogens is 3. The highest BCUT2D eigenvalue weighted by molar-refractivity contribution is 7.92. The van der Waals surface area contributed by atoms with Gasteiger partial charge in [0, 0.05) is 35.7 Å². The number of hydrogen-bond acceptors (Lipinski definition) is 12. The van der Waals surface area contributed by atoms with Crippen LogP contribution in [0.4, 0.5) is 32.9 Å². The summed E-state index contributed by atoms with van der Waals surface area (Å²) in [6.45, 7) is 0. The molecule has 2 amide bonds. The second kappa shape index (κ2) is 17.7. The van der Waals surface area contributed by atoms with Crippen LogP contribution >= 0.6 is 22.9 Å². The van der Waals surface area contributed by atoms with Gasteiger partial charge in [0.05, 0.1) is 37.7 Å². The number of rotatable bonds is 15. The first kappa shape index (κ1) is 45.5. The van der Waals surface area contributed by atoms with Gasteiger partial charge in [-0.2, -0.15) is 4.39 Å². The van der Waals surface area contributed by atoms with E-state index in [1.54, 1.807) is 0 Å². The van der Waals surface area contributed by atoms with Crippen molar-refractivity contribution >= 4 is 65.4 Å². The molecule has 2 N–H and O–H groups in total. The quantitative estimate of drug-likeness (QED) is 0.0942. The second-order valence-corrected chi connectivity index (χ2v) is 20.9. The molecular formula is C43H33ClF5N5O8S3. The van der Waals surface area contributed by atoms with Crippen molar-refractivity contribution in [3.05, 3.63) is 148 Å². The highest BCUT2D eigenvalue weighted by Crippen LogP contribution is 2.51. The molecule has 13 nitrogen and oxygen atoms in total. The lowest BCUT2D eigenvalue weighted by atomic mass is 9.71. The van der Waals surface area contributed by atoms with E-state index < -0.39 is 119 Å². The van der Waals surface area contributed by atoms with Crippen LogP contribution in [0.2, 0.25) is 5.02 Å². The number of thiazole rings is 1. The summed E-state index contributed by atoms with van der Waals surface area (Å²) in [5, 5.41) is 1.18. The van der Waals surface area contributed by atoms with Crippen molar-refractivity contribution in [3.63, 3.8) is 0 Å². The Morgan fingerprint density at radius 3 is 1.75 bits per heavy atom. The van der Waals surface area contributed by atoms with Crippen LogP contribution in [0.1, 0.15) is 49.7 Å². The van der Waals surface area contributed by atoms with Gasteiger partial charge in [0.2, 0.25) is 0 Å². The summed E-state index contributed by atoms with van der Waals surface area (Å²) >= 11 is 7.06. The molecule has 22 heteroatoms. The third-order valence-corrected chi connectivity index (χ3v) is 16.6. The molecule has 2 fully saturated rings. The molecule has 2 aromatic heterocycles. The molecule has 0 spiro atoms. The van der Waals surface area contributed by atoms with Crippen LogP contribution in [-0.2, 0) is 40.5 Å². The Morgan fingerprint density at radius 2 is 1.23 bits per heavy atom. The van der Waals surface area contributed by atoms with Crippen LogP contribution in [0.3, 0.4) is 0 Å². The summed E-state index contributed by atoms with van der Waals surface area (Å²) in [4.78, 5) is 42.7. The number of carbonyl (C=O) groups excluding carboxylic acids is 2. The summed E-state index contributed by atoms with van der Waals surface area (Å²) in [6, 6.07) is 10.7. The van der Waals surface area contributed by atoms with Crippen molar-refractivity contribution in [2.45, 2.75) is 70.0 Å². The van der Waals surface area contributed by atoms with E-state index in [-0.39, 0.29) is 22.1 Å². The lowest BCUT2D eigenvalue weighted by Gasteiger charge is -2.47. The van der Waals surface area contributed by atoms with Gasteiger partial charge in [0.15, 0.2) is 58.9 Å². The van der Waals surface area contributed by atoms with Gasteiger partial charge in [0.25, 0.3) is 23.0 Å². The van der Waals surface area contributed by atoms with Crippen molar-refractivity contribution in [2.75, 3.05) is 10.6 Å². The van der Waals surface area contributed by atoms with Gasteiger partial charge >= 0.3 is 0 Å². The minimum Gasteiger partial charge on any atom is -0.464 e. The molecule has 2 heterocycles. The third-order valence-electron chi connectivity index (χ3n) is 10.9. The highest BCUT2D eigenvalue weighted by atomic mass is 35.5. The molecule has 0 bridgehead atoms. The van der Waals surface area contributed by atoms with Gasteiger partial charge in [-0.05, 0) is 74.2 Å². The predicted octanol–water partition coefficient (Wildman–Crippen LogP) is 8.46. The number of nitrogens with zero attached hydrogens (tertiary/aromatic N) is 3. The Hall–Kier alpha value is -6.03. The van der Waals surface area contributed by atoms with Crippen LogP contribution in [0, 0.1) is 28.4 Å². The highest BCUT2D eigenvalue weighted by Gasteiger charge is 2.69. The lowest BCUT2D eigenvalue weighted by molar-refractivity contribution is -0.173. The Kier molecular flexibility index (Phi) is 12.4. The number of benzene rings is 4.